The number of carbonyl (C=O) groups is 7. The number of nitrogens with two attached hydrogens (primary N) is 2. The Morgan fingerprint density at radius 1 is 0.463 bits per heavy atom. The molecule has 0 aliphatic carbocycles. The van der Waals surface area contributed by atoms with E-state index >= 15 is 0 Å². The van der Waals surface area contributed by atoms with E-state index in [0.717, 1.165) is 0 Å². The van der Waals surface area contributed by atoms with Crippen LogP contribution in [0.25, 0.3) is 0 Å². The molecule has 14 N–H and O–H groups in total. The van der Waals surface area contributed by atoms with Crippen LogP contribution in [0.3, 0.4) is 0 Å². The lowest BCUT2D eigenvalue weighted by Crippen LogP contribution is -2.30. The molecule has 0 fully saturated rings. The second-order valence-corrected chi connectivity index (χ2v) is 8.09. The van der Waals surface area contributed by atoms with Crippen molar-refractivity contribution in [3.63, 3.8) is 0 Å². The number of carboxylic acid groups (broad SMARTS) is 7. The number of aliphatic hydroxyl groups is 3. The van der Waals surface area contributed by atoms with E-state index in [2.05, 4.69) is 0 Å². The highest BCUT2D eigenvalue weighted by Crippen LogP contribution is 1.94. The molecule has 0 aliphatic heterocycles. The van der Waals surface area contributed by atoms with Gasteiger partial charge in [-0.05, 0) is 33.6 Å². The van der Waals surface area contributed by atoms with Crippen molar-refractivity contribution in [1.29, 1.82) is 0 Å². The van der Waals surface area contributed by atoms with E-state index in [-0.39, 0.29) is 44.9 Å². The van der Waals surface area contributed by atoms with E-state index in [1.807, 2.05) is 0 Å². The van der Waals surface area contributed by atoms with E-state index in [4.69, 9.17) is 62.5 Å². The first-order valence-corrected chi connectivity index (χ1v) is 11.6. The zero-order valence-corrected chi connectivity index (χ0v) is 22.8. The van der Waals surface area contributed by atoms with Crippen LogP contribution in [-0.2, 0) is 33.6 Å². The van der Waals surface area contributed by atoms with E-state index in [1.54, 1.807) is 0 Å². The highest BCUT2D eigenvalue weighted by atomic mass is 16.4. The van der Waals surface area contributed by atoms with Crippen molar-refractivity contribution in [1.82, 2.24) is 0 Å². The molecule has 0 rings (SSSR count). The predicted octanol–water partition coefficient (Wildman–Crippen LogP) is -1.95. The van der Waals surface area contributed by atoms with Gasteiger partial charge in [0, 0.05) is 12.8 Å². The highest BCUT2D eigenvalue weighted by Gasteiger charge is 2.13. The summed E-state index contributed by atoms with van der Waals surface area (Å²) in [7, 11) is 0. The average molecular weight is 607 g/mol. The van der Waals surface area contributed by atoms with E-state index < -0.39 is 72.2 Å². The summed E-state index contributed by atoms with van der Waals surface area (Å²) in [4.78, 5) is 68.7. The molecule has 0 aromatic heterocycles. The molecule has 0 amide bonds. The van der Waals surface area contributed by atoms with Gasteiger partial charge < -0.3 is 62.5 Å². The Morgan fingerprint density at radius 3 is 0.732 bits per heavy atom. The van der Waals surface area contributed by atoms with Crippen LogP contribution in [-0.4, -0.2) is 123 Å². The fourth-order valence-electron chi connectivity index (χ4n) is 1.56. The average Bonchev–Trinajstić information content (AvgIpc) is 2.74. The SMILES string of the molecule is CC(O)CC(=O)O.CC(O)CC(=O)O.CC(O)CC(=O)O.NC(CCC(=O)O)C(=O)O.NC(CCC(=O)O)C(=O)O. The van der Waals surface area contributed by atoms with Crippen LogP contribution in [0.4, 0.5) is 0 Å². The third-order valence-corrected chi connectivity index (χ3v) is 3.38. The van der Waals surface area contributed by atoms with Gasteiger partial charge in [-0.25, -0.2) is 0 Å². The van der Waals surface area contributed by atoms with Crippen molar-refractivity contribution in [2.75, 3.05) is 0 Å². The first-order valence-electron chi connectivity index (χ1n) is 11.6. The Bertz CT molecular complexity index is 703. The summed E-state index contributed by atoms with van der Waals surface area (Å²) in [5, 5.41) is 81.3. The third-order valence-electron chi connectivity index (χ3n) is 3.38. The zero-order chi connectivity index (χ0) is 33.9. The first-order chi connectivity index (χ1) is 18.5. The minimum atomic E-state index is -1.17. The van der Waals surface area contributed by atoms with Crippen molar-refractivity contribution in [2.24, 2.45) is 11.5 Å². The van der Waals surface area contributed by atoms with Gasteiger partial charge >= 0.3 is 41.8 Å². The third kappa shape index (κ3) is 61.6. The maximum atomic E-state index is 9.99. The number of carboxylic acids is 7. The van der Waals surface area contributed by atoms with Crippen LogP contribution in [0, 0.1) is 0 Å². The molecule has 0 saturated carbocycles. The van der Waals surface area contributed by atoms with Gasteiger partial charge in [-0.3, -0.25) is 33.6 Å². The summed E-state index contributed by atoms with van der Waals surface area (Å²) in [6, 6.07) is -2.12. The number of aliphatic carboxylic acids is 7. The molecule has 5 atom stereocenters. The smallest absolute Gasteiger partial charge is 0.320 e. The monoisotopic (exact) mass is 606 g/mol. The molecule has 5 unspecified atom stereocenters. The molecule has 0 aliphatic rings. The van der Waals surface area contributed by atoms with Crippen LogP contribution in [0.1, 0.15) is 65.7 Å². The van der Waals surface area contributed by atoms with Gasteiger partial charge in [0.2, 0.25) is 0 Å². The summed E-state index contributed by atoms with van der Waals surface area (Å²) >= 11 is 0. The molecule has 19 nitrogen and oxygen atoms in total. The lowest BCUT2D eigenvalue weighted by molar-refractivity contribution is -0.141. The molecule has 0 heterocycles. The Hall–Kier alpha value is -3.91. The van der Waals surface area contributed by atoms with E-state index in [0.29, 0.717) is 0 Å². The number of rotatable bonds is 14. The van der Waals surface area contributed by atoms with Crippen molar-refractivity contribution >= 4 is 41.8 Å². The van der Waals surface area contributed by atoms with Gasteiger partial charge in [-0.2, -0.15) is 0 Å². The summed E-state index contributed by atoms with van der Waals surface area (Å²) in [6.45, 7) is 4.32. The van der Waals surface area contributed by atoms with Crippen molar-refractivity contribution in [3.8, 4) is 0 Å². The lowest BCUT2D eigenvalue weighted by atomic mass is 10.2. The minimum Gasteiger partial charge on any atom is -0.481 e. The maximum absolute atomic E-state index is 9.99. The molecule has 0 aromatic rings. The Morgan fingerprint density at radius 2 is 0.659 bits per heavy atom. The second kappa shape index (κ2) is 29.1. The largest absolute Gasteiger partial charge is 0.481 e. The van der Waals surface area contributed by atoms with Crippen molar-refractivity contribution in [2.45, 2.75) is 96.1 Å². The van der Waals surface area contributed by atoms with Gasteiger partial charge in [0.15, 0.2) is 0 Å². The van der Waals surface area contributed by atoms with Crippen molar-refractivity contribution in [3.05, 3.63) is 0 Å². The normalized spacial score (nSPS) is 13.0. The number of aliphatic hydroxyl groups excluding tert-OH is 3. The Kier molecular flexibility index (Phi) is 33.3. The zero-order valence-electron chi connectivity index (χ0n) is 22.8. The summed E-state index contributed by atoms with van der Waals surface area (Å²) in [6.07, 6.45) is -3.12. The molecule has 19 heteroatoms. The highest BCUT2D eigenvalue weighted by molar-refractivity contribution is 5.75. The van der Waals surface area contributed by atoms with Gasteiger partial charge in [0.1, 0.15) is 12.1 Å². The fraction of sp³-hybridized carbons (Fsp3) is 0.682. The summed E-state index contributed by atoms with van der Waals surface area (Å²) in [5.74, 6) is -7.28. The Balaban J connectivity index is -0.000000133. The van der Waals surface area contributed by atoms with Crippen molar-refractivity contribution < 1.29 is 84.6 Å². The number of hydrogen-bond donors (Lipinski definition) is 12. The van der Waals surface area contributed by atoms with Crippen LogP contribution in [0.15, 0.2) is 0 Å². The van der Waals surface area contributed by atoms with Gasteiger partial charge in [0.05, 0.1) is 37.6 Å². The molecule has 0 radical (unpaired) electrons. The van der Waals surface area contributed by atoms with Crippen LogP contribution in [0.5, 0.6) is 0 Å². The van der Waals surface area contributed by atoms with Crippen LogP contribution < -0.4 is 11.5 Å². The molecule has 0 bridgehead atoms. The predicted molar refractivity (Wildman–Crippen MR) is 137 cm³/mol. The molecule has 0 saturated heterocycles. The second-order valence-electron chi connectivity index (χ2n) is 8.09. The summed E-state index contributed by atoms with van der Waals surface area (Å²) in [5.41, 5.74) is 10.0. The Labute approximate surface area is 234 Å². The lowest BCUT2D eigenvalue weighted by Gasteiger charge is -2.01. The molecule has 0 spiro atoms. The van der Waals surface area contributed by atoms with Crippen LogP contribution >= 0.6 is 0 Å². The maximum Gasteiger partial charge on any atom is 0.320 e. The van der Waals surface area contributed by atoms with Gasteiger partial charge in [-0.1, -0.05) is 0 Å². The summed E-state index contributed by atoms with van der Waals surface area (Å²) < 4.78 is 0. The molecular formula is C22H42N2O17. The molecule has 0 aromatic carbocycles. The fourth-order valence-corrected chi connectivity index (χ4v) is 1.56. The van der Waals surface area contributed by atoms with E-state index in [9.17, 15) is 33.6 Å². The first kappa shape index (κ1) is 46.9. The quantitative estimate of drug-likeness (QED) is 0.102. The van der Waals surface area contributed by atoms with Crippen LogP contribution in [0.2, 0.25) is 0 Å². The van der Waals surface area contributed by atoms with Gasteiger partial charge in [-0.15, -0.1) is 0 Å². The standard InChI is InChI=1S/2C5H9NO4.3C4H8O3/c2*6-3(5(9)10)1-2-4(7)8;3*1-3(5)2-4(6)7/h2*3H,1-2,6H2,(H,7,8)(H,9,10);3*3,5H,2H2,1H3,(H,6,7). The molecule has 41 heavy (non-hydrogen) atoms. The minimum absolute atomic E-state index is 0.0231. The van der Waals surface area contributed by atoms with E-state index in [1.165, 1.54) is 20.8 Å². The molecule has 242 valence electrons. The number of hydrogen-bond acceptors (Lipinski definition) is 12. The van der Waals surface area contributed by atoms with Gasteiger partial charge in [0.25, 0.3) is 0 Å². The topological polar surface area (TPSA) is 374 Å². The molecular weight excluding hydrogens is 564 g/mol.